The van der Waals surface area contributed by atoms with Crippen LogP contribution in [0, 0.1) is 5.41 Å². The van der Waals surface area contributed by atoms with E-state index in [1.54, 1.807) is 19.6 Å². The summed E-state index contributed by atoms with van der Waals surface area (Å²) in [4.78, 5) is 0. The van der Waals surface area contributed by atoms with E-state index in [0.717, 1.165) is 18.5 Å². The lowest BCUT2D eigenvalue weighted by Gasteiger charge is -2.36. The fourth-order valence-corrected chi connectivity index (χ4v) is 2.14. The highest BCUT2D eigenvalue weighted by molar-refractivity contribution is 5.14. The summed E-state index contributed by atoms with van der Waals surface area (Å²) < 4.78 is 10.9. The van der Waals surface area contributed by atoms with Crippen molar-refractivity contribution in [2.24, 2.45) is 5.41 Å². The van der Waals surface area contributed by atoms with Gasteiger partial charge in [-0.2, -0.15) is 0 Å². The van der Waals surface area contributed by atoms with Crippen LogP contribution in [0.3, 0.4) is 0 Å². The van der Waals surface area contributed by atoms with Crippen molar-refractivity contribution in [2.75, 3.05) is 13.7 Å². The highest BCUT2D eigenvalue weighted by Gasteiger charge is 2.33. The summed E-state index contributed by atoms with van der Waals surface area (Å²) in [5.74, 6) is 0. The monoisotopic (exact) mass is 239 g/mol. The van der Waals surface area contributed by atoms with E-state index >= 15 is 0 Å². The lowest BCUT2D eigenvalue weighted by atomic mass is 9.82. The summed E-state index contributed by atoms with van der Waals surface area (Å²) in [6.07, 6.45) is 4.73. The summed E-state index contributed by atoms with van der Waals surface area (Å²) in [6.45, 7) is 9.73. The fraction of sp³-hybridized carbons (Fsp3) is 0.714. The zero-order chi connectivity index (χ0) is 12.9. The van der Waals surface area contributed by atoms with E-state index < -0.39 is 0 Å². The third-order valence-electron chi connectivity index (χ3n) is 2.93. The largest absolute Gasteiger partial charge is 0.472 e. The van der Waals surface area contributed by atoms with Crippen LogP contribution in [-0.2, 0) is 4.74 Å². The lowest BCUT2D eigenvalue weighted by Crippen LogP contribution is -2.41. The number of methoxy groups -OCH3 is 1. The van der Waals surface area contributed by atoms with Gasteiger partial charge in [0.25, 0.3) is 0 Å². The molecule has 0 saturated heterocycles. The Hall–Kier alpha value is -0.800. The number of hydrogen-bond acceptors (Lipinski definition) is 3. The second-order valence-electron chi connectivity index (χ2n) is 5.51. The molecule has 0 radical (unpaired) electrons. The molecule has 1 aromatic heterocycles. The van der Waals surface area contributed by atoms with E-state index in [0.29, 0.717) is 0 Å². The third-order valence-corrected chi connectivity index (χ3v) is 2.93. The summed E-state index contributed by atoms with van der Waals surface area (Å²) >= 11 is 0. The molecule has 0 fully saturated rings. The van der Waals surface area contributed by atoms with Crippen LogP contribution in [-0.4, -0.2) is 19.8 Å². The summed E-state index contributed by atoms with van der Waals surface area (Å²) in [5.41, 5.74) is 1.23. The molecule has 17 heavy (non-hydrogen) atoms. The molecule has 2 unspecified atom stereocenters. The van der Waals surface area contributed by atoms with E-state index in [1.165, 1.54) is 0 Å². The normalized spacial score (nSPS) is 15.8. The molecule has 0 aliphatic rings. The molecule has 0 spiro atoms. The Kier molecular flexibility index (Phi) is 5.22. The first kappa shape index (κ1) is 14.3. The van der Waals surface area contributed by atoms with Gasteiger partial charge < -0.3 is 14.5 Å². The predicted octanol–water partition coefficient (Wildman–Crippen LogP) is 3.38. The van der Waals surface area contributed by atoms with Crippen LogP contribution in [0.15, 0.2) is 23.0 Å². The van der Waals surface area contributed by atoms with Crippen molar-refractivity contribution >= 4 is 0 Å². The molecule has 1 N–H and O–H groups in total. The number of ether oxygens (including phenoxy) is 1. The van der Waals surface area contributed by atoms with Gasteiger partial charge in [-0.3, -0.25) is 0 Å². The van der Waals surface area contributed by atoms with Crippen molar-refractivity contribution < 1.29 is 9.15 Å². The van der Waals surface area contributed by atoms with Gasteiger partial charge >= 0.3 is 0 Å². The Bertz CT molecular complexity index is 301. The molecule has 0 saturated carbocycles. The first-order valence-electron chi connectivity index (χ1n) is 6.29. The summed E-state index contributed by atoms with van der Waals surface area (Å²) in [6, 6.07) is 2.18. The van der Waals surface area contributed by atoms with Gasteiger partial charge in [0.2, 0.25) is 0 Å². The van der Waals surface area contributed by atoms with Crippen LogP contribution in [0.1, 0.15) is 45.7 Å². The second-order valence-corrected chi connectivity index (χ2v) is 5.51. The topological polar surface area (TPSA) is 34.4 Å². The van der Waals surface area contributed by atoms with Crippen molar-refractivity contribution in [3.8, 4) is 0 Å². The van der Waals surface area contributed by atoms with Crippen molar-refractivity contribution in [1.29, 1.82) is 0 Å². The van der Waals surface area contributed by atoms with E-state index in [9.17, 15) is 0 Å². The molecule has 3 nitrogen and oxygen atoms in total. The highest BCUT2D eigenvalue weighted by atomic mass is 16.5. The molecule has 0 aliphatic carbocycles. The highest BCUT2D eigenvalue weighted by Crippen LogP contribution is 2.32. The Morgan fingerprint density at radius 2 is 2.12 bits per heavy atom. The average Bonchev–Trinajstić information content (AvgIpc) is 2.75. The van der Waals surface area contributed by atoms with Crippen LogP contribution in [0.25, 0.3) is 0 Å². The SMILES string of the molecule is CCCNC(c1ccoc1)C(OC)C(C)(C)C. The number of rotatable bonds is 6. The zero-order valence-corrected chi connectivity index (χ0v) is 11.6. The van der Waals surface area contributed by atoms with Crippen LogP contribution in [0.4, 0.5) is 0 Å². The van der Waals surface area contributed by atoms with Crippen LogP contribution < -0.4 is 5.32 Å². The molecule has 1 heterocycles. The molecular weight excluding hydrogens is 214 g/mol. The minimum absolute atomic E-state index is 0.0808. The van der Waals surface area contributed by atoms with Crippen molar-refractivity contribution in [3.63, 3.8) is 0 Å². The van der Waals surface area contributed by atoms with Gasteiger partial charge in [-0.15, -0.1) is 0 Å². The van der Waals surface area contributed by atoms with Crippen molar-refractivity contribution in [1.82, 2.24) is 5.32 Å². The Morgan fingerprint density at radius 1 is 1.41 bits per heavy atom. The van der Waals surface area contributed by atoms with E-state index in [-0.39, 0.29) is 17.6 Å². The maximum absolute atomic E-state index is 5.69. The smallest absolute Gasteiger partial charge is 0.0951 e. The van der Waals surface area contributed by atoms with Gasteiger partial charge in [0.05, 0.1) is 24.7 Å². The Balaban J connectivity index is 2.88. The number of nitrogens with one attached hydrogen (secondary N) is 1. The van der Waals surface area contributed by atoms with Crippen LogP contribution in [0.5, 0.6) is 0 Å². The zero-order valence-electron chi connectivity index (χ0n) is 11.6. The quantitative estimate of drug-likeness (QED) is 0.826. The van der Waals surface area contributed by atoms with E-state index in [2.05, 4.69) is 33.0 Å². The number of hydrogen-bond donors (Lipinski definition) is 1. The van der Waals surface area contributed by atoms with Crippen LogP contribution in [0.2, 0.25) is 0 Å². The maximum atomic E-state index is 5.69. The van der Waals surface area contributed by atoms with Crippen molar-refractivity contribution in [3.05, 3.63) is 24.2 Å². The fourth-order valence-electron chi connectivity index (χ4n) is 2.14. The van der Waals surface area contributed by atoms with Gasteiger partial charge in [-0.05, 0) is 24.4 Å². The molecule has 0 amide bonds. The molecule has 3 heteroatoms. The predicted molar refractivity (Wildman–Crippen MR) is 70.0 cm³/mol. The molecule has 98 valence electrons. The summed E-state index contributed by atoms with van der Waals surface area (Å²) in [7, 11) is 1.77. The molecule has 2 atom stereocenters. The summed E-state index contributed by atoms with van der Waals surface area (Å²) in [5, 5.41) is 3.54. The molecule has 1 rings (SSSR count). The van der Waals surface area contributed by atoms with Gasteiger partial charge in [-0.1, -0.05) is 27.7 Å². The second kappa shape index (κ2) is 6.22. The van der Waals surface area contributed by atoms with Gasteiger partial charge in [0.15, 0.2) is 0 Å². The average molecular weight is 239 g/mol. The third kappa shape index (κ3) is 3.86. The molecule has 0 bridgehead atoms. The first-order valence-corrected chi connectivity index (χ1v) is 6.29. The minimum Gasteiger partial charge on any atom is -0.472 e. The van der Waals surface area contributed by atoms with Gasteiger partial charge in [0.1, 0.15) is 0 Å². The standard InChI is InChI=1S/C14H25NO2/c1-6-8-15-12(11-7-9-17-10-11)13(16-5)14(2,3)4/h7,9-10,12-13,15H,6,8H2,1-5H3. The lowest BCUT2D eigenvalue weighted by molar-refractivity contribution is -0.0120. The van der Waals surface area contributed by atoms with Gasteiger partial charge in [-0.25, -0.2) is 0 Å². The van der Waals surface area contributed by atoms with Gasteiger partial charge in [0, 0.05) is 12.7 Å². The van der Waals surface area contributed by atoms with E-state index in [4.69, 9.17) is 9.15 Å². The van der Waals surface area contributed by atoms with Crippen LogP contribution >= 0.6 is 0 Å². The van der Waals surface area contributed by atoms with Crippen molar-refractivity contribution in [2.45, 2.75) is 46.3 Å². The minimum atomic E-state index is 0.0808. The number of furan rings is 1. The Labute approximate surface area is 105 Å². The molecule has 1 aromatic rings. The molecule has 0 aliphatic heterocycles. The Morgan fingerprint density at radius 3 is 2.53 bits per heavy atom. The molecular formula is C14H25NO2. The van der Waals surface area contributed by atoms with E-state index in [1.807, 2.05) is 6.07 Å². The maximum Gasteiger partial charge on any atom is 0.0951 e. The molecule has 0 aromatic carbocycles. The first-order chi connectivity index (χ1) is 8.00.